The highest BCUT2D eigenvalue weighted by atomic mass is 15.3. The van der Waals surface area contributed by atoms with E-state index in [1.54, 1.807) is 6.33 Å². The Morgan fingerprint density at radius 2 is 2.29 bits per heavy atom. The molecule has 0 spiro atoms. The van der Waals surface area contributed by atoms with Gasteiger partial charge in [-0.25, -0.2) is 9.67 Å². The summed E-state index contributed by atoms with van der Waals surface area (Å²) in [5.74, 6) is 2.11. The lowest BCUT2D eigenvalue weighted by Gasteiger charge is -2.14. The van der Waals surface area contributed by atoms with E-state index in [4.69, 9.17) is 0 Å². The number of aromatic nitrogens is 3. The van der Waals surface area contributed by atoms with Crippen molar-refractivity contribution in [1.82, 2.24) is 20.1 Å². The average Bonchev–Trinajstić information content (AvgIpc) is 3.21. The smallest absolute Gasteiger partial charge is 0.140 e. The van der Waals surface area contributed by atoms with E-state index in [0.29, 0.717) is 5.41 Å². The molecule has 2 saturated carbocycles. The van der Waals surface area contributed by atoms with Crippen molar-refractivity contribution >= 4 is 0 Å². The third kappa shape index (κ3) is 2.37. The highest BCUT2D eigenvalue weighted by Crippen LogP contribution is 2.60. The lowest BCUT2D eigenvalue weighted by molar-refractivity contribution is 0.396. The summed E-state index contributed by atoms with van der Waals surface area (Å²) in [4.78, 5) is 4.32. The van der Waals surface area contributed by atoms with Gasteiger partial charge in [0, 0.05) is 13.1 Å². The zero-order valence-corrected chi connectivity index (χ0v) is 10.7. The Hall–Kier alpha value is -0.900. The summed E-state index contributed by atoms with van der Waals surface area (Å²) in [5, 5.41) is 7.84. The van der Waals surface area contributed by atoms with Crippen LogP contribution in [0.1, 0.15) is 44.9 Å². The van der Waals surface area contributed by atoms with Crippen LogP contribution in [0, 0.1) is 11.3 Å². The molecule has 0 saturated heterocycles. The largest absolute Gasteiger partial charge is 0.309 e. The van der Waals surface area contributed by atoms with Crippen LogP contribution in [0.2, 0.25) is 0 Å². The van der Waals surface area contributed by atoms with E-state index < -0.39 is 0 Å². The first-order valence-corrected chi connectivity index (χ1v) is 6.91. The Labute approximate surface area is 103 Å². The van der Waals surface area contributed by atoms with Gasteiger partial charge in [-0.3, -0.25) is 0 Å². The molecule has 0 aliphatic heterocycles. The van der Waals surface area contributed by atoms with Crippen molar-refractivity contribution in [3.8, 4) is 0 Å². The number of hydrogen-bond donors (Lipinski definition) is 1. The van der Waals surface area contributed by atoms with E-state index >= 15 is 0 Å². The fraction of sp³-hybridized carbons (Fsp3) is 0.846. The summed E-state index contributed by atoms with van der Waals surface area (Å²) in [5.41, 5.74) is 0.676. The first-order valence-electron chi connectivity index (χ1n) is 6.91. The lowest BCUT2D eigenvalue weighted by Crippen LogP contribution is -2.26. The second-order valence-corrected chi connectivity index (χ2v) is 5.64. The van der Waals surface area contributed by atoms with Crippen molar-refractivity contribution < 1.29 is 0 Å². The van der Waals surface area contributed by atoms with Gasteiger partial charge in [-0.2, -0.15) is 5.10 Å². The third-order valence-electron chi connectivity index (χ3n) is 4.23. The molecular formula is C13H22N4. The van der Waals surface area contributed by atoms with E-state index in [1.807, 2.05) is 4.68 Å². The molecule has 1 N–H and O–H groups in total. The van der Waals surface area contributed by atoms with Gasteiger partial charge in [0.25, 0.3) is 0 Å². The zero-order valence-electron chi connectivity index (χ0n) is 10.7. The van der Waals surface area contributed by atoms with Crippen molar-refractivity contribution in [1.29, 1.82) is 0 Å². The van der Waals surface area contributed by atoms with Crippen LogP contribution in [0.5, 0.6) is 0 Å². The monoisotopic (exact) mass is 234 g/mol. The third-order valence-corrected chi connectivity index (χ3v) is 4.23. The minimum absolute atomic E-state index is 0.676. The molecule has 1 aromatic heterocycles. The molecule has 0 amide bonds. The molecule has 1 heterocycles. The Bertz CT molecular complexity index is 377. The maximum Gasteiger partial charge on any atom is 0.140 e. The first-order chi connectivity index (χ1) is 8.34. The van der Waals surface area contributed by atoms with E-state index in [1.165, 1.54) is 32.2 Å². The van der Waals surface area contributed by atoms with Gasteiger partial charge in [0.05, 0.1) is 6.54 Å². The summed E-state index contributed by atoms with van der Waals surface area (Å²) in [6.07, 6.45) is 8.59. The molecule has 0 atom stereocenters. The Morgan fingerprint density at radius 1 is 1.47 bits per heavy atom. The zero-order chi connectivity index (χ0) is 11.7. The van der Waals surface area contributed by atoms with E-state index in [-0.39, 0.29) is 0 Å². The summed E-state index contributed by atoms with van der Waals surface area (Å²) in [6.45, 7) is 5.20. The van der Waals surface area contributed by atoms with Crippen molar-refractivity contribution in [2.75, 3.05) is 6.54 Å². The van der Waals surface area contributed by atoms with Crippen molar-refractivity contribution in [3.63, 3.8) is 0 Å². The van der Waals surface area contributed by atoms with Gasteiger partial charge < -0.3 is 5.32 Å². The van der Waals surface area contributed by atoms with Gasteiger partial charge >= 0.3 is 0 Å². The number of nitrogens with one attached hydrogen (secondary N) is 1. The molecular weight excluding hydrogens is 212 g/mol. The lowest BCUT2D eigenvalue weighted by atomic mass is 10.0. The summed E-state index contributed by atoms with van der Waals surface area (Å²) >= 11 is 0. The van der Waals surface area contributed by atoms with Crippen molar-refractivity contribution in [2.24, 2.45) is 11.3 Å². The van der Waals surface area contributed by atoms with Crippen LogP contribution in [-0.2, 0) is 13.1 Å². The summed E-state index contributed by atoms with van der Waals surface area (Å²) < 4.78 is 2.02. The minimum atomic E-state index is 0.676. The van der Waals surface area contributed by atoms with Crippen LogP contribution < -0.4 is 5.32 Å². The molecule has 0 aromatic carbocycles. The molecule has 17 heavy (non-hydrogen) atoms. The molecule has 4 heteroatoms. The number of nitrogens with zero attached hydrogens (tertiary/aromatic N) is 3. The number of rotatable bonds is 7. The molecule has 0 radical (unpaired) electrons. The van der Waals surface area contributed by atoms with Crippen LogP contribution in [0.15, 0.2) is 6.33 Å². The molecule has 2 aliphatic carbocycles. The van der Waals surface area contributed by atoms with Crippen LogP contribution in [-0.4, -0.2) is 21.3 Å². The molecule has 0 bridgehead atoms. The standard InChI is InChI=1S/C13H22N4/c1-2-7-17-12(15-10-16-17)8-14-9-13(5-6-13)11-3-4-11/h10-11,14H,2-9H2,1H3. The topological polar surface area (TPSA) is 42.7 Å². The number of hydrogen-bond acceptors (Lipinski definition) is 3. The highest BCUT2D eigenvalue weighted by Gasteiger charge is 2.53. The molecule has 4 nitrogen and oxygen atoms in total. The minimum Gasteiger partial charge on any atom is -0.309 e. The second-order valence-electron chi connectivity index (χ2n) is 5.64. The predicted octanol–water partition coefficient (Wildman–Crippen LogP) is 1.97. The summed E-state index contributed by atoms with van der Waals surface area (Å²) in [6, 6.07) is 0. The van der Waals surface area contributed by atoms with Gasteiger partial charge in [0.15, 0.2) is 0 Å². The van der Waals surface area contributed by atoms with Gasteiger partial charge in [-0.15, -0.1) is 0 Å². The molecule has 1 aromatic rings. The van der Waals surface area contributed by atoms with Crippen LogP contribution in [0.4, 0.5) is 0 Å². The maximum atomic E-state index is 4.32. The van der Waals surface area contributed by atoms with Gasteiger partial charge in [0.1, 0.15) is 12.2 Å². The fourth-order valence-corrected chi connectivity index (χ4v) is 2.83. The van der Waals surface area contributed by atoms with Gasteiger partial charge in [-0.1, -0.05) is 6.92 Å². The first kappa shape index (κ1) is 11.2. The molecule has 2 aliphatic rings. The van der Waals surface area contributed by atoms with E-state index in [9.17, 15) is 0 Å². The number of aryl methyl sites for hydroxylation is 1. The molecule has 0 unspecified atom stereocenters. The molecule has 2 fully saturated rings. The van der Waals surface area contributed by atoms with Crippen LogP contribution >= 0.6 is 0 Å². The van der Waals surface area contributed by atoms with Crippen LogP contribution in [0.3, 0.4) is 0 Å². The van der Waals surface area contributed by atoms with E-state index in [2.05, 4.69) is 22.3 Å². The Kier molecular flexibility index (Phi) is 2.90. The second kappa shape index (κ2) is 4.41. The average molecular weight is 234 g/mol. The summed E-state index contributed by atoms with van der Waals surface area (Å²) in [7, 11) is 0. The molecule has 94 valence electrons. The maximum absolute atomic E-state index is 4.32. The quantitative estimate of drug-likeness (QED) is 0.784. The van der Waals surface area contributed by atoms with Gasteiger partial charge in [-0.05, 0) is 43.4 Å². The normalized spacial score (nSPS) is 21.7. The highest BCUT2D eigenvalue weighted by molar-refractivity contribution is 5.05. The van der Waals surface area contributed by atoms with E-state index in [0.717, 1.165) is 31.3 Å². The van der Waals surface area contributed by atoms with Crippen LogP contribution in [0.25, 0.3) is 0 Å². The predicted molar refractivity (Wildman–Crippen MR) is 66.4 cm³/mol. The van der Waals surface area contributed by atoms with Gasteiger partial charge in [0.2, 0.25) is 0 Å². The SMILES string of the molecule is CCCn1ncnc1CNCC1(C2CC2)CC1. The molecule has 3 rings (SSSR count). The fourth-order valence-electron chi connectivity index (χ4n) is 2.83. The van der Waals surface area contributed by atoms with Crippen molar-refractivity contribution in [3.05, 3.63) is 12.2 Å². The Balaban J connectivity index is 1.48. The van der Waals surface area contributed by atoms with Crippen molar-refractivity contribution in [2.45, 2.75) is 52.1 Å². The Morgan fingerprint density at radius 3 is 2.94 bits per heavy atom.